The quantitative estimate of drug-likeness (QED) is 0.175. The highest BCUT2D eigenvalue weighted by molar-refractivity contribution is 7.22. The van der Waals surface area contributed by atoms with Crippen molar-refractivity contribution in [3.63, 3.8) is 0 Å². The highest BCUT2D eigenvalue weighted by atomic mass is 32.1. The Kier molecular flexibility index (Phi) is 7.33. The lowest BCUT2D eigenvalue weighted by Gasteiger charge is -2.14. The maximum absolute atomic E-state index is 5.25. The molecule has 10 rings (SSSR count). The van der Waals surface area contributed by atoms with Gasteiger partial charge in [0.1, 0.15) is 0 Å². The molecular formula is C48H31N3S. The first-order chi connectivity index (χ1) is 25.8. The van der Waals surface area contributed by atoms with Crippen LogP contribution in [0.5, 0.6) is 0 Å². The zero-order valence-corrected chi connectivity index (χ0v) is 29.0. The van der Waals surface area contributed by atoms with Crippen molar-refractivity contribution in [1.29, 1.82) is 0 Å². The third-order valence-corrected chi connectivity index (χ3v) is 11.0. The van der Waals surface area contributed by atoms with Gasteiger partial charge >= 0.3 is 0 Å². The fourth-order valence-electron chi connectivity index (χ4n) is 7.33. The number of fused-ring (bicyclic) bond motifs is 4. The van der Waals surface area contributed by atoms with Gasteiger partial charge in [-0.2, -0.15) is 0 Å². The van der Waals surface area contributed by atoms with Gasteiger partial charge in [-0.15, -0.1) is 11.3 Å². The van der Waals surface area contributed by atoms with Crippen LogP contribution in [0.3, 0.4) is 0 Å². The number of hydrogen-bond donors (Lipinski definition) is 0. The van der Waals surface area contributed by atoms with Gasteiger partial charge in [-0.05, 0) is 76.7 Å². The van der Waals surface area contributed by atoms with E-state index in [-0.39, 0.29) is 0 Å². The highest BCUT2D eigenvalue weighted by Gasteiger charge is 2.16. The number of hydrogen-bond acceptors (Lipinski definition) is 3. The molecule has 0 N–H and O–H groups in total. The van der Waals surface area contributed by atoms with Crippen LogP contribution in [0.2, 0.25) is 0 Å². The van der Waals surface area contributed by atoms with Gasteiger partial charge in [0, 0.05) is 42.7 Å². The Labute approximate surface area is 305 Å². The van der Waals surface area contributed by atoms with Gasteiger partial charge in [0.15, 0.2) is 5.82 Å². The van der Waals surface area contributed by atoms with Crippen LogP contribution in [0.15, 0.2) is 188 Å². The molecule has 0 saturated heterocycles. The maximum atomic E-state index is 5.25. The van der Waals surface area contributed by atoms with Crippen molar-refractivity contribution in [1.82, 2.24) is 14.5 Å². The number of aromatic nitrogens is 3. The second kappa shape index (κ2) is 12.6. The van der Waals surface area contributed by atoms with Crippen LogP contribution in [-0.4, -0.2) is 14.5 Å². The summed E-state index contributed by atoms with van der Waals surface area (Å²) >= 11 is 1.82. The van der Waals surface area contributed by atoms with Crippen molar-refractivity contribution in [2.45, 2.75) is 0 Å². The van der Waals surface area contributed by atoms with Crippen molar-refractivity contribution in [2.24, 2.45) is 0 Å². The molecule has 0 amide bonds. The van der Waals surface area contributed by atoms with Gasteiger partial charge < -0.3 is 4.57 Å². The van der Waals surface area contributed by atoms with Crippen LogP contribution in [0.25, 0.3) is 93.0 Å². The van der Waals surface area contributed by atoms with Crippen molar-refractivity contribution in [2.75, 3.05) is 0 Å². The SMILES string of the molecule is c1ccc(-c2ccccc2-c2cc(-c3ccc(-c4cc5ccccc5s4)cc3)nc(-c3ccc(-n4c5ccccc5c5ccccc54)cc3)n2)cc1. The van der Waals surface area contributed by atoms with Gasteiger partial charge in [-0.1, -0.05) is 133 Å². The van der Waals surface area contributed by atoms with Crippen molar-refractivity contribution >= 4 is 43.2 Å². The molecule has 3 nitrogen and oxygen atoms in total. The molecule has 0 radical (unpaired) electrons. The fourth-order valence-corrected chi connectivity index (χ4v) is 8.40. The molecule has 52 heavy (non-hydrogen) atoms. The molecule has 0 unspecified atom stereocenters. The average Bonchev–Trinajstić information content (AvgIpc) is 3.81. The van der Waals surface area contributed by atoms with E-state index in [2.05, 4.69) is 193 Å². The maximum Gasteiger partial charge on any atom is 0.160 e. The molecule has 0 aliphatic carbocycles. The molecule has 3 aromatic heterocycles. The van der Waals surface area contributed by atoms with Crippen molar-refractivity contribution in [3.05, 3.63) is 188 Å². The molecule has 3 heterocycles. The highest BCUT2D eigenvalue weighted by Crippen LogP contribution is 2.37. The molecule has 0 bridgehead atoms. The normalized spacial score (nSPS) is 11.5. The lowest BCUT2D eigenvalue weighted by molar-refractivity contribution is 1.16. The van der Waals surface area contributed by atoms with Crippen molar-refractivity contribution in [3.8, 4) is 61.2 Å². The summed E-state index contributed by atoms with van der Waals surface area (Å²) in [6, 6.07) is 66.7. The van der Waals surface area contributed by atoms with E-state index >= 15 is 0 Å². The minimum atomic E-state index is 0.692. The first-order valence-corrected chi connectivity index (χ1v) is 18.3. The van der Waals surface area contributed by atoms with E-state index in [4.69, 9.17) is 9.97 Å². The van der Waals surface area contributed by atoms with Crippen LogP contribution >= 0.6 is 11.3 Å². The van der Waals surface area contributed by atoms with Gasteiger partial charge in [0.25, 0.3) is 0 Å². The number of para-hydroxylation sites is 2. The first kappa shape index (κ1) is 30.2. The monoisotopic (exact) mass is 681 g/mol. The molecule has 0 spiro atoms. The minimum Gasteiger partial charge on any atom is -0.309 e. The summed E-state index contributed by atoms with van der Waals surface area (Å²) in [5.41, 5.74) is 11.8. The van der Waals surface area contributed by atoms with E-state index in [1.54, 1.807) is 0 Å². The summed E-state index contributed by atoms with van der Waals surface area (Å²) in [6.45, 7) is 0. The smallest absolute Gasteiger partial charge is 0.160 e. The summed E-state index contributed by atoms with van der Waals surface area (Å²) in [4.78, 5) is 11.7. The topological polar surface area (TPSA) is 30.7 Å². The number of nitrogens with zero attached hydrogens (tertiary/aromatic N) is 3. The fraction of sp³-hybridized carbons (Fsp3) is 0. The zero-order valence-electron chi connectivity index (χ0n) is 28.1. The molecule has 0 aliphatic heterocycles. The standard InChI is InChI=1S/C48H31N3S/c1-2-12-32(13-3-1)38-15-5-6-16-39(38)43-31-42(33-22-24-34(25-23-33)47-30-36-14-4-11-21-46(36)52-47)49-48(50-43)35-26-28-37(29-27-35)51-44-19-9-7-17-40(44)41-18-8-10-20-45(41)51/h1-31H. The molecule has 10 aromatic rings. The Morgan fingerprint density at radius 2 is 0.981 bits per heavy atom. The van der Waals surface area contributed by atoms with Crippen LogP contribution < -0.4 is 0 Å². The predicted octanol–water partition coefficient (Wildman–Crippen LogP) is 13.1. The van der Waals surface area contributed by atoms with E-state index < -0.39 is 0 Å². The van der Waals surface area contributed by atoms with Crippen molar-refractivity contribution < 1.29 is 0 Å². The molecule has 244 valence electrons. The number of thiophene rings is 1. The van der Waals surface area contributed by atoms with Crippen LogP contribution in [-0.2, 0) is 0 Å². The third-order valence-electron chi connectivity index (χ3n) is 9.87. The first-order valence-electron chi connectivity index (χ1n) is 17.5. The predicted molar refractivity (Wildman–Crippen MR) is 219 cm³/mol. The summed E-state index contributed by atoms with van der Waals surface area (Å²) < 4.78 is 3.64. The second-order valence-electron chi connectivity index (χ2n) is 13.0. The lowest BCUT2D eigenvalue weighted by atomic mass is 9.96. The Hall–Kier alpha value is -6.62. The number of benzene rings is 7. The third kappa shape index (κ3) is 5.29. The Bertz CT molecular complexity index is 2800. The number of rotatable bonds is 6. The molecule has 0 saturated carbocycles. The largest absolute Gasteiger partial charge is 0.309 e. The van der Waals surface area contributed by atoms with E-state index in [1.165, 1.54) is 42.3 Å². The van der Waals surface area contributed by atoms with Gasteiger partial charge in [0.05, 0.1) is 22.4 Å². The zero-order chi connectivity index (χ0) is 34.4. The lowest BCUT2D eigenvalue weighted by Crippen LogP contribution is -1.98. The van der Waals surface area contributed by atoms with Crippen LogP contribution in [0.1, 0.15) is 0 Å². The summed E-state index contributed by atoms with van der Waals surface area (Å²) in [6.07, 6.45) is 0. The molecule has 7 aromatic carbocycles. The summed E-state index contributed by atoms with van der Waals surface area (Å²) in [5.74, 6) is 0.692. The van der Waals surface area contributed by atoms with Gasteiger partial charge in [0.2, 0.25) is 0 Å². The average molecular weight is 682 g/mol. The summed E-state index contributed by atoms with van der Waals surface area (Å²) in [5, 5.41) is 3.77. The van der Waals surface area contributed by atoms with E-state index in [0.717, 1.165) is 44.9 Å². The van der Waals surface area contributed by atoms with Crippen LogP contribution in [0, 0.1) is 0 Å². The molecule has 0 fully saturated rings. The van der Waals surface area contributed by atoms with Gasteiger partial charge in [-0.25, -0.2) is 9.97 Å². The summed E-state index contributed by atoms with van der Waals surface area (Å²) in [7, 11) is 0. The Morgan fingerprint density at radius 3 is 1.71 bits per heavy atom. The molecule has 0 aliphatic rings. The van der Waals surface area contributed by atoms with E-state index in [0.29, 0.717) is 5.82 Å². The Balaban J connectivity index is 1.10. The molecular weight excluding hydrogens is 651 g/mol. The van der Waals surface area contributed by atoms with E-state index in [9.17, 15) is 0 Å². The second-order valence-corrected chi connectivity index (χ2v) is 14.1. The van der Waals surface area contributed by atoms with Crippen LogP contribution in [0.4, 0.5) is 0 Å². The Morgan fingerprint density at radius 1 is 0.404 bits per heavy atom. The van der Waals surface area contributed by atoms with Gasteiger partial charge in [-0.3, -0.25) is 0 Å². The molecule has 4 heteroatoms. The minimum absolute atomic E-state index is 0.692. The molecule has 0 atom stereocenters. The van der Waals surface area contributed by atoms with E-state index in [1.807, 2.05) is 11.3 Å².